The maximum absolute atomic E-state index is 5.73. The molecule has 0 fully saturated rings. The highest BCUT2D eigenvalue weighted by molar-refractivity contribution is 5.42. The highest BCUT2D eigenvalue weighted by Gasteiger charge is 2.06. The number of nitrogens with zero attached hydrogens (tertiary/aromatic N) is 2. The molecule has 1 rings (SSSR count). The predicted molar refractivity (Wildman–Crippen MR) is 75.9 cm³/mol. The number of nitrogens with two attached hydrogens (primary N) is 1. The predicted octanol–water partition coefficient (Wildman–Crippen LogP) is 1.97. The normalized spacial score (nSPS) is 10.7. The Balaban J connectivity index is 2.75. The lowest BCUT2D eigenvalue weighted by molar-refractivity contribution is 0.154. The van der Waals surface area contributed by atoms with Crippen molar-refractivity contribution in [3.63, 3.8) is 0 Å². The largest absolute Gasteiger partial charge is 0.380 e. The Morgan fingerprint density at radius 1 is 1.33 bits per heavy atom. The van der Waals surface area contributed by atoms with Crippen LogP contribution in [0.2, 0.25) is 0 Å². The van der Waals surface area contributed by atoms with Crippen LogP contribution < -0.4 is 10.6 Å². The molecule has 1 aromatic heterocycles. The topological polar surface area (TPSA) is 51.4 Å². The maximum Gasteiger partial charge on any atom is 0.128 e. The number of aryl methyl sites for hydroxylation is 1. The third kappa shape index (κ3) is 4.63. The van der Waals surface area contributed by atoms with Gasteiger partial charge in [0.05, 0.1) is 6.61 Å². The summed E-state index contributed by atoms with van der Waals surface area (Å²) in [6, 6.07) is 4.16. The Hall–Kier alpha value is -1.13. The van der Waals surface area contributed by atoms with Crippen molar-refractivity contribution >= 4 is 5.82 Å². The summed E-state index contributed by atoms with van der Waals surface area (Å²) in [4.78, 5) is 6.78. The van der Waals surface area contributed by atoms with Crippen molar-refractivity contribution < 1.29 is 4.74 Å². The lowest BCUT2D eigenvalue weighted by Crippen LogP contribution is -2.24. The van der Waals surface area contributed by atoms with Crippen LogP contribution >= 0.6 is 0 Å². The molecule has 18 heavy (non-hydrogen) atoms. The van der Waals surface area contributed by atoms with Crippen molar-refractivity contribution in [2.75, 3.05) is 31.7 Å². The van der Waals surface area contributed by atoms with Gasteiger partial charge in [0.15, 0.2) is 0 Å². The van der Waals surface area contributed by atoms with Crippen molar-refractivity contribution in [2.24, 2.45) is 5.73 Å². The summed E-state index contributed by atoms with van der Waals surface area (Å²) in [5, 5.41) is 0. The number of hydrogen-bond acceptors (Lipinski definition) is 4. The van der Waals surface area contributed by atoms with Crippen LogP contribution in [0.15, 0.2) is 12.1 Å². The third-order valence-corrected chi connectivity index (χ3v) is 2.83. The molecule has 0 spiro atoms. The van der Waals surface area contributed by atoms with Gasteiger partial charge >= 0.3 is 0 Å². The fourth-order valence-electron chi connectivity index (χ4n) is 1.79. The smallest absolute Gasteiger partial charge is 0.128 e. The summed E-state index contributed by atoms with van der Waals surface area (Å²) >= 11 is 0. The van der Waals surface area contributed by atoms with Crippen LogP contribution in [-0.4, -0.2) is 31.8 Å². The molecule has 0 amide bonds. The zero-order valence-electron chi connectivity index (χ0n) is 11.8. The SMILES string of the molecule is CCCc1cc(CN)cc(N(C)CCOCC)n1. The first-order chi connectivity index (χ1) is 8.71. The van der Waals surface area contributed by atoms with E-state index in [0.717, 1.165) is 49.7 Å². The molecule has 0 radical (unpaired) electrons. The number of hydrogen-bond donors (Lipinski definition) is 1. The average Bonchev–Trinajstić information content (AvgIpc) is 2.39. The van der Waals surface area contributed by atoms with Crippen LogP contribution in [0.5, 0.6) is 0 Å². The van der Waals surface area contributed by atoms with Crippen molar-refractivity contribution in [1.29, 1.82) is 0 Å². The van der Waals surface area contributed by atoms with Crippen LogP contribution in [0.4, 0.5) is 5.82 Å². The molecular formula is C14H25N3O. The second kappa shape index (κ2) is 8.06. The second-order valence-electron chi connectivity index (χ2n) is 4.40. The van der Waals surface area contributed by atoms with Crippen LogP contribution in [0, 0.1) is 0 Å². The van der Waals surface area contributed by atoms with Gasteiger partial charge in [-0.15, -0.1) is 0 Å². The molecule has 4 heteroatoms. The van der Waals surface area contributed by atoms with Gasteiger partial charge in [-0.05, 0) is 31.0 Å². The van der Waals surface area contributed by atoms with Crippen molar-refractivity contribution in [1.82, 2.24) is 4.98 Å². The number of anilines is 1. The molecule has 1 aromatic rings. The van der Waals surface area contributed by atoms with Crippen molar-refractivity contribution in [3.8, 4) is 0 Å². The van der Waals surface area contributed by atoms with Crippen LogP contribution in [0.1, 0.15) is 31.5 Å². The summed E-state index contributed by atoms with van der Waals surface area (Å²) < 4.78 is 5.37. The van der Waals surface area contributed by atoms with Crippen molar-refractivity contribution in [3.05, 3.63) is 23.4 Å². The summed E-state index contributed by atoms with van der Waals surface area (Å²) in [6.07, 6.45) is 2.10. The van der Waals surface area contributed by atoms with E-state index in [1.54, 1.807) is 0 Å². The number of aromatic nitrogens is 1. The zero-order chi connectivity index (χ0) is 13.4. The molecule has 0 saturated heterocycles. The molecule has 102 valence electrons. The summed E-state index contributed by atoms with van der Waals surface area (Å²) in [7, 11) is 2.04. The molecule has 4 nitrogen and oxygen atoms in total. The molecular weight excluding hydrogens is 226 g/mol. The van der Waals surface area contributed by atoms with E-state index in [9.17, 15) is 0 Å². The summed E-state index contributed by atoms with van der Waals surface area (Å²) in [5.74, 6) is 0.987. The Kier molecular flexibility index (Phi) is 6.68. The lowest BCUT2D eigenvalue weighted by Gasteiger charge is -2.19. The maximum atomic E-state index is 5.73. The van der Waals surface area contributed by atoms with Gasteiger partial charge in [0, 0.05) is 32.4 Å². The van der Waals surface area contributed by atoms with Gasteiger partial charge in [-0.3, -0.25) is 0 Å². The number of ether oxygens (including phenoxy) is 1. The van der Waals surface area contributed by atoms with Crippen molar-refractivity contribution in [2.45, 2.75) is 33.2 Å². The fourth-order valence-corrected chi connectivity index (χ4v) is 1.79. The minimum absolute atomic E-state index is 0.561. The minimum Gasteiger partial charge on any atom is -0.380 e. The van der Waals surface area contributed by atoms with E-state index in [4.69, 9.17) is 10.5 Å². The molecule has 0 bridgehead atoms. The van der Waals surface area contributed by atoms with Gasteiger partial charge in [0.2, 0.25) is 0 Å². The third-order valence-electron chi connectivity index (χ3n) is 2.83. The molecule has 0 unspecified atom stereocenters. The summed E-state index contributed by atoms with van der Waals surface area (Å²) in [5.41, 5.74) is 8.00. The second-order valence-corrected chi connectivity index (χ2v) is 4.40. The molecule has 2 N–H and O–H groups in total. The lowest BCUT2D eigenvalue weighted by atomic mass is 10.1. The molecule has 0 atom stereocenters. The van der Waals surface area contributed by atoms with E-state index in [2.05, 4.69) is 28.9 Å². The number of rotatable bonds is 8. The van der Waals surface area contributed by atoms with E-state index >= 15 is 0 Å². The highest BCUT2D eigenvalue weighted by atomic mass is 16.5. The van der Waals surface area contributed by atoms with Gasteiger partial charge < -0.3 is 15.4 Å². The fraction of sp³-hybridized carbons (Fsp3) is 0.643. The monoisotopic (exact) mass is 251 g/mol. The van der Waals surface area contributed by atoms with Gasteiger partial charge in [-0.1, -0.05) is 13.3 Å². The molecule has 0 aliphatic carbocycles. The van der Waals surface area contributed by atoms with Gasteiger partial charge in [-0.2, -0.15) is 0 Å². The minimum atomic E-state index is 0.561. The zero-order valence-corrected chi connectivity index (χ0v) is 11.8. The van der Waals surface area contributed by atoms with E-state index < -0.39 is 0 Å². The summed E-state index contributed by atoms with van der Waals surface area (Å²) in [6.45, 7) is 7.06. The van der Waals surface area contributed by atoms with E-state index in [0.29, 0.717) is 6.54 Å². The average molecular weight is 251 g/mol. The number of pyridine rings is 1. The first-order valence-electron chi connectivity index (χ1n) is 6.70. The molecule has 1 heterocycles. The molecule has 0 aliphatic heterocycles. The molecule has 0 aromatic carbocycles. The highest BCUT2D eigenvalue weighted by Crippen LogP contribution is 2.15. The van der Waals surface area contributed by atoms with E-state index in [1.807, 2.05) is 14.0 Å². The van der Waals surface area contributed by atoms with Gasteiger partial charge in [0.1, 0.15) is 5.82 Å². The standard InChI is InChI=1S/C14H25N3O/c1-4-6-13-9-12(11-15)10-14(16-13)17(3)7-8-18-5-2/h9-10H,4-8,11,15H2,1-3H3. The van der Waals surface area contributed by atoms with Crippen LogP contribution in [-0.2, 0) is 17.7 Å². The first kappa shape index (κ1) is 14.9. The first-order valence-corrected chi connectivity index (χ1v) is 6.70. The van der Waals surface area contributed by atoms with E-state index in [1.165, 1.54) is 0 Å². The van der Waals surface area contributed by atoms with Gasteiger partial charge in [-0.25, -0.2) is 4.98 Å². The Labute approximate surface area is 110 Å². The van der Waals surface area contributed by atoms with E-state index in [-0.39, 0.29) is 0 Å². The Morgan fingerprint density at radius 3 is 2.72 bits per heavy atom. The quantitative estimate of drug-likeness (QED) is 0.718. The van der Waals surface area contributed by atoms with Crippen LogP contribution in [0.3, 0.4) is 0 Å². The molecule has 0 saturated carbocycles. The van der Waals surface area contributed by atoms with Crippen LogP contribution in [0.25, 0.3) is 0 Å². The number of likely N-dealkylation sites (N-methyl/N-ethyl adjacent to an activating group) is 1. The Morgan fingerprint density at radius 2 is 2.11 bits per heavy atom. The molecule has 0 aliphatic rings. The van der Waals surface area contributed by atoms with Gasteiger partial charge in [0.25, 0.3) is 0 Å². The Bertz CT molecular complexity index is 355.